The molecule has 0 saturated carbocycles. The standard InChI is InChI=1S/C18H20F2O4/c1-3-23-16(21)15-10-9-12(13-7-5-6-8-14(13)15)11-18(19,20)17(22)24-4-2/h5-9,15H,3-4,10-11H2,1-2H3. The van der Waals surface area contributed by atoms with Gasteiger partial charge in [-0.15, -0.1) is 0 Å². The summed E-state index contributed by atoms with van der Waals surface area (Å²) in [6.07, 6.45) is 1.10. The van der Waals surface area contributed by atoms with Gasteiger partial charge in [0.1, 0.15) is 0 Å². The summed E-state index contributed by atoms with van der Waals surface area (Å²) in [5.41, 5.74) is 1.53. The van der Waals surface area contributed by atoms with Gasteiger partial charge in [0, 0.05) is 6.42 Å². The van der Waals surface area contributed by atoms with E-state index >= 15 is 0 Å². The van der Waals surface area contributed by atoms with E-state index in [1.54, 1.807) is 37.3 Å². The number of halogens is 2. The first-order chi connectivity index (χ1) is 11.4. The summed E-state index contributed by atoms with van der Waals surface area (Å²) in [7, 11) is 0. The van der Waals surface area contributed by atoms with E-state index in [0.29, 0.717) is 16.7 Å². The molecule has 4 nitrogen and oxygen atoms in total. The Kier molecular flexibility index (Phi) is 5.70. The smallest absolute Gasteiger partial charge is 0.377 e. The molecule has 0 fully saturated rings. The van der Waals surface area contributed by atoms with Crippen molar-refractivity contribution in [2.24, 2.45) is 0 Å². The Balaban J connectivity index is 2.28. The molecule has 1 aliphatic carbocycles. The zero-order valence-electron chi connectivity index (χ0n) is 13.7. The molecule has 0 saturated heterocycles. The average molecular weight is 338 g/mol. The molecule has 0 aromatic heterocycles. The molecule has 1 aromatic rings. The fourth-order valence-electron chi connectivity index (χ4n) is 2.77. The molecule has 1 aromatic carbocycles. The zero-order chi connectivity index (χ0) is 17.7. The molecule has 1 aliphatic rings. The molecule has 2 rings (SSSR count). The van der Waals surface area contributed by atoms with E-state index in [4.69, 9.17) is 4.74 Å². The van der Waals surface area contributed by atoms with Gasteiger partial charge >= 0.3 is 17.9 Å². The van der Waals surface area contributed by atoms with Crippen LogP contribution in [0.4, 0.5) is 8.78 Å². The molecule has 1 unspecified atom stereocenters. The van der Waals surface area contributed by atoms with Crippen molar-refractivity contribution in [1.82, 2.24) is 0 Å². The maximum Gasteiger partial charge on any atom is 0.377 e. The molecule has 0 spiro atoms. The van der Waals surface area contributed by atoms with Crippen LogP contribution in [0.25, 0.3) is 5.57 Å². The quantitative estimate of drug-likeness (QED) is 0.742. The van der Waals surface area contributed by atoms with Gasteiger partial charge in [-0.3, -0.25) is 4.79 Å². The lowest BCUT2D eigenvalue weighted by Crippen LogP contribution is -2.31. The molecule has 130 valence electrons. The summed E-state index contributed by atoms with van der Waals surface area (Å²) in [6.45, 7) is 3.35. The van der Waals surface area contributed by atoms with Crippen LogP contribution in [0.5, 0.6) is 0 Å². The summed E-state index contributed by atoms with van der Waals surface area (Å²) in [6, 6.07) is 6.86. The van der Waals surface area contributed by atoms with Crippen LogP contribution >= 0.6 is 0 Å². The number of hydrogen-bond acceptors (Lipinski definition) is 4. The van der Waals surface area contributed by atoms with Gasteiger partial charge in [0.2, 0.25) is 0 Å². The predicted octanol–water partition coefficient (Wildman–Crippen LogP) is 3.71. The maximum atomic E-state index is 14.1. The lowest BCUT2D eigenvalue weighted by Gasteiger charge is -2.26. The summed E-state index contributed by atoms with van der Waals surface area (Å²) in [5.74, 6) is -6.03. The topological polar surface area (TPSA) is 52.6 Å². The van der Waals surface area contributed by atoms with Gasteiger partial charge in [-0.2, -0.15) is 8.78 Å². The Bertz CT molecular complexity index is 652. The fraction of sp³-hybridized carbons (Fsp3) is 0.444. The van der Waals surface area contributed by atoms with E-state index in [-0.39, 0.29) is 25.6 Å². The number of carbonyl (C=O) groups is 2. The first kappa shape index (κ1) is 18.1. The lowest BCUT2D eigenvalue weighted by molar-refractivity contribution is -0.170. The highest BCUT2D eigenvalue weighted by Crippen LogP contribution is 2.40. The Morgan fingerprint density at radius 3 is 2.50 bits per heavy atom. The van der Waals surface area contributed by atoms with E-state index < -0.39 is 24.2 Å². The van der Waals surface area contributed by atoms with Crippen LogP contribution in [0.1, 0.15) is 43.7 Å². The molecule has 0 radical (unpaired) electrons. The highest BCUT2D eigenvalue weighted by atomic mass is 19.3. The monoisotopic (exact) mass is 338 g/mol. The Hall–Kier alpha value is -2.24. The summed E-state index contributed by atoms with van der Waals surface area (Å²) in [4.78, 5) is 23.5. The number of fused-ring (bicyclic) bond motifs is 1. The van der Waals surface area contributed by atoms with E-state index in [0.717, 1.165) is 0 Å². The first-order valence-corrected chi connectivity index (χ1v) is 7.90. The van der Waals surface area contributed by atoms with Crippen molar-refractivity contribution in [3.05, 3.63) is 41.5 Å². The number of rotatable bonds is 6. The van der Waals surface area contributed by atoms with Crippen LogP contribution in [-0.2, 0) is 19.1 Å². The summed E-state index contributed by atoms with van der Waals surface area (Å²) >= 11 is 0. The van der Waals surface area contributed by atoms with Crippen LogP contribution in [0.3, 0.4) is 0 Å². The highest BCUT2D eigenvalue weighted by molar-refractivity contribution is 5.86. The van der Waals surface area contributed by atoms with Crippen LogP contribution in [0, 0.1) is 0 Å². The molecule has 0 N–H and O–H groups in total. The highest BCUT2D eigenvalue weighted by Gasteiger charge is 2.42. The molecule has 0 amide bonds. The van der Waals surface area contributed by atoms with Gasteiger partial charge in [-0.05, 0) is 37.0 Å². The van der Waals surface area contributed by atoms with Crippen molar-refractivity contribution in [2.45, 2.75) is 38.5 Å². The second-order valence-electron chi connectivity index (χ2n) is 5.46. The molecular weight excluding hydrogens is 318 g/mol. The predicted molar refractivity (Wildman–Crippen MR) is 84.6 cm³/mol. The second-order valence-corrected chi connectivity index (χ2v) is 5.46. The van der Waals surface area contributed by atoms with Crippen LogP contribution in [-0.4, -0.2) is 31.1 Å². The Labute approximate surface area is 139 Å². The number of carbonyl (C=O) groups excluding carboxylic acids is 2. The zero-order valence-corrected chi connectivity index (χ0v) is 13.7. The van der Waals surface area contributed by atoms with Crippen LogP contribution < -0.4 is 0 Å². The van der Waals surface area contributed by atoms with E-state index in [2.05, 4.69) is 4.74 Å². The molecule has 6 heteroatoms. The van der Waals surface area contributed by atoms with Gasteiger partial charge in [-0.25, -0.2) is 4.79 Å². The van der Waals surface area contributed by atoms with Gasteiger partial charge < -0.3 is 9.47 Å². The molecule has 1 atom stereocenters. The third-order valence-corrected chi connectivity index (χ3v) is 3.84. The van der Waals surface area contributed by atoms with Gasteiger partial charge in [-0.1, -0.05) is 30.3 Å². The minimum atomic E-state index is -3.61. The third kappa shape index (κ3) is 3.80. The van der Waals surface area contributed by atoms with Crippen LogP contribution in [0.2, 0.25) is 0 Å². The number of benzene rings is 1. The number of alkyl halides is 2. The lowest BCUT2D eigenvalue weighted by atomic mass is 9.81. The van der Waals surface area contributed by atoms with Gasteiger partial charge in [0.05, 0.1) is 19.1 Å². The van der Waals surface area contributed by atoms with E-state index in [1.165, 1.54) is 6.92 Å². The normalized spacial score (nSPS) is 16.8. The third-order valence-electron chi connectivity index (χ3n) is 3.84. The van der Waals surface area contributed by atoms with Crippen molar-refractivity contribution < 1.29 is 27.8 Å². The number of hydrogen-bond donors (Lipinski definition) is 0. The van der Waals surface area contributed by atoms with Crippen molar-refractivity contribution >= 4 is 17.5 Å². The van der Waals surface area contributed by atoms with E-state index in [9.17, 15) is 18.4 Å². The number of esters is 2. The van der Waals surface area contributed by atoms with Crippen LogP contribution in [0.15, 0.2) is 30.3 Å². The average Bonchev–Trinajstić information content (AvgIpc) is 2.55. The van der Waals surface area contributed by atoms with Crippen molar-refractivity contribution in [3.8, 4) is 0 Å². The van der Waals surface area contributed by atoms with E-state index in [1.807, 2.05) is 0 Å². The van der Waals surface area contributed by atoms with Crippen molar-refractivity contribution in [1.29, 1.82) is 0 Å². The van der Waals surface area contributed by atoms with Gasteiger partial charge in [0.15, 0.2) is 0 Å². The number of ether oxygens (including phenoxy) is 2. The molecule has 0 heterocycles. The fourth-order valence-corrected chi connectivity index (χ4v) is 2.77. The minimum Gasteiger partial charge on any atom is -0.466 e. The SMILES string of the molecule is CCOC(=O)C1CC=C(CC(F)(F)C(=O)OCC)c2ccccc21. The van der Waals surface area contributed by atoms with Crippen molar-refractivity contribution in [2.75, 3.05) is 13.2 Å². The van der Waals surface area contributed by atoms with Gasteiger partial charge in [0.25, 0.3) is 0 Å². The largest absolute Gasteiger partial charge is 0.466 e. The number of allylic oxidation sites excluding steroid dienone is 2. The maximum absolute atomic E-state index is 14.1. The first-order valence-electron chi connectivity index (χ1n) is 7.90. The van der Waals surface area contributed by atoms with Crippen molar-refractivity contribution in [3.63, 3.8) is 0 Å². The molecule has 0 bridgehead atoms. The summed E-state index contributed by atoms with van der Waals surface area (Å²) in [5, 5.41) is 0. The molecular formula is C18H20F2O4. The summed E-state index contributed by atoms with van der Waals surface area (Å²) < 4.78 is 37.6. The Morgan fingerprint density at radius 2 is 1.83 bits per heavy atom. The molecule has 24 heavy (non-hydrogen) atoms. The minimum absolute atomic E-state index is 0.102. The molecule has 0 aliphatic heterocycles. The second kappa shape index (κ2) is 7.55. The Morgan fingerprint density at radius 1 is 1.17 bits per heavy atom.